The van der Waals surface area contributed by atoms with Gasteiger partial charge in [0.2, 0.25) is 0 Å². The Bertz CT molecular complexity index is 466. The molecule has 2 amide bonds. The molecule has 114 valence electrons. The number of carbonyl (C=O) groups is 1. The fourth-order valence-electron chi connectivity index (χ4n) is 1.68. The zero-order chi connectivity index (χ0) is 15.6. The summed E-state index contributed by atoms with van der Waals surface area (Å²) in [7, 11) is 0. The summed E-state index contributed by atoms with van der Waals surface area (Å²) in [6.45, 7) is 12.5. The SMILES string of the molecule is CC(C)(C)c1cc(NC(=O)NCCO)n(C(C)(C)C)n1. The van der Waals surface area contributed by atoms with Gasteiger partial charge in [-0.25, -0.2) is 9.48 Å². The summed E-state index contributed by atoms with van der Waals surface area (Å²) in [6.07, 6.45) is 0. The van der Waals surface area contributed by atoms with Crippen molar-refractivity contribution in [1.29, 1.82) is 0 Å². The highest BCUT2D eigenvalue weighted by Crippen LogP contribution is 2.28. The van der Waals surface area contributed by atoms with E-state index >= 15 is 0 Å². The van der Waals surface area contributed by atoms with Crippen molar-refractivity contribution in [3.63, 3.8) is 0 Å². The number of amides is 2. The second kappa shape index (κ2) is 5.83. The van der Waals surface area contributed by atoms with E-state index in [1.54, 1.807) is 0 Å². The minimum absolute atomic E-state index is 0.0841. The number of anilines is 1. The molecular weight excluding hydrogens is 256 g/mol. The second-order valence-corrected chi connectivity index (χ2v) is 6.85. The number of hydrogen-bond acceptors (Lipinski definition) is 3. The van der Waals surface area contributed by atoms with Gasteiger partial charge in [-0.1, -0.05) is 20.8 Å². The van der Waals surface area contributed by atoms with Crippen LogP contribution in [0.15, 0.2) is 6.07 Å². The predicted octanol–water partition coefficient (Wildman–Crippen LogP) is 2.05. The Morgan fingerprint density at radius 1 is 1.30 bits per heavy atom. The van der Waals surface area contributed by atoms with Crippen LogP contribution < -0.4 is 10.6 Å². The van der Waals surface area contributed by atoms with E-state index in [1.165, 1.54) is 0 Å². The summed E-state index contributed by atoms with van der Waals surface area (Å²) in [5.41, 5.74) is 0.599. The number of rotatable bonds is 3. The summed E-state index contributed by atoms with van der Waals surface area (Å²) >= 11 is 0. The van der Waals surface area contributed by atoms with Gasteiger partial charge in [0.15, 0.2) is 0 Å². The molecule has 0 spiro atoms. The Hall–Kier alpha value is -1.56. The van der Waals surface area contributed by atoms with Crippen molar-refractivity contribution in [2.45, 2.75) is 52.5 Å². The zero-order valence-electron chi connectivity index (χ0n) is 13.2. The van der Waals surface area contributed by atoms with Gasteiger partial charge in [0.1, 0.15) is 5.82 Å². The molecule has 1 aromatic heterocycles. The van der Waals surface area contributed by atoms with Gasteiger partial charge < -0.3 is 10.4 Å². The first-order chi connectivity index (χ1) is 9.05. The van der Waals surface area contributed by atoms with Crippen LogP contribution in [-0.2, 0) is 11.0 Å². The molecule has 1 rings (SSSR count). The van der Waals surface area contributed by atoms with Gasteiger partial charge in [0.05, 0.1) is 17.8 Å². The van der Waals surface area contributed by atoms with E-state index in [9.17, 15) is 4.79 Å². The highest BCUT2D eigenvalue weighted by molar-refractivity contribution is 5.88. The van der Waals surface area contributed by atoms with Crippen molar-refractivity contribution in [3.8, 4) is 0 Å². The quantitative estimate of drug-likeness (QED) is 0.794. The lowest BCUT2D eigenvalue weighted by molar-refractivity contribution is 0.244. The molecule has 0 atom stereocenters. The van der Waals surface area contributed by atoms with Gasteiger partial charge in [0, 0.05) is 18.0 Å². The molecule has 0 radical (unpaired) electrons. The molecule has 1 heterocycles. The van der Waals surface area contributed by atoms with E-state index in [0.29, 0.717) is 5.82 Å². The van der Waals surface area contributed by atoms with E-state index in [1.807, 2.05) is 31.5 Å². The molecule has 0 aliphatic rings. The van der Waals surface area contributed by atoms with Gasteiger partial charge in [0.25, 0.3) is 0 Å². The van der Waals surface area contributed by atoms with Crippen molar-refractivity contribution in [1.82, 2.24) is 15.1 Å². The largest absolute Gasteiger partial charge is 0.395 e. The third-order valence-electron chi connectivity index (χ3n) is 2.75. The molecule has 6 nitrogen and oxygen atoms in total. The first kappa shape index (κ1) is 16.5. The molecule has 0 fully saturated rings. The summed E-state index contributed by atoms with van der Waals surface area (Å²) in [5.74, 6) is 0.651. The van der Waals surface area contributed by atoms with Crippen molar-refractivity contribution in [2.24, 2.45) is 0 Å². The lowest BCUT2D eigenvalue weighted by atomic mass is 9.92. The molecule has 0 aromatic carbocycles. The molecule has 0 saturated carbocycles. The molecule has 0 aliphatic carbocycles. The van der Waals surface area contributed by atoms with Crippen LogP contribution in [0.25, 0.3) is 0 Å². The maximum Gasteiger partial charge on any atom is 0.320 e. The summed E-state index contributed by atoms with van der Waals surface area (Å²) < 4.78 is 1.81. The molecule has 0 aliphatic heterocycles. The Morgan fingerprint density at radius 3 is 2.35 bits per heavy atom. The monoisotopic (exact) mass is 282 g/mol. The van der Waals surface area contributed by atoms with E-state index in [4.69, 9.17) is 5.11 Å². The van der Waals surface area contributed by atoms with Gasteiger partial charge in [-0.05, 0) is 20.8 Å². The molecule has 3 N–H and O–H groups in total. The summed E-state index contributed by atoms with van der Waals surface area (Å²) in [6, 6.07) is 1.55. The first-order valence-corrected chi connectivity index (χ1v) is 6.82. The number of urea groups is 1. The fraction of sp³-hybridized carbons (Fsp3) is 0.714. The highest BCUT2D eigenvalue weighted by atomic mass is 16.3. The highest BCUT2D eigenvalue weighted by Gasteiger charge is 2.25. The van der Waals surface area contributed by atoms with E-state index in [0.717, 1.165) is 5.69 Å². The fourth-order valence-corrected chi connectivity index (χ4v) is 1.68. The Morgan fingerprint density at radius 2 is 1.90 bits per heavy atom. The Kier molecular flexibility index (Phi) is 4.81. The molecule has 1 aromatic rings. The average Bonchev–Trinajstić information content (AvgIpc) is 2.69. The van der Waals surface area contributed by atoms with E-state index in [2.05, 4.69) is 36.5 Å². The van der Waals surface area contributed by atoms with Crippen LogP contribution >= 0.6 is 0 Å². The molecule has 20 heavy (non-hydrogen) atoms. The minimum Gasteiger partial charge on any atom is -0.395 e. The standard InChI is InChI=1S/C14H26N4O2/c1-13(2,3)10-9-11(16-12(20)15-7-8-19)18(17-10)14(4,5)6/h9,19H,7-8H2,1-6H3,(H2,15,16,20). The number of nitrogens with one attached hydrogen (secondary N) is 2. The summed E-state index contributed by atoms with van der Waals surface area (Å²) in [4.78, 5) is 11.7. The van der Waals surface area contributed by atoms with E-state index < -0.39 is 0 Å². The van der Waals surface area contributed by atoms with Crippen molar-refractivity contribution in [3.05, 3.63) is 11.8 Å². The lowest BCUT2D eigenvalue weighted by Crippen LogP contribution is -2.33. The Balaban J connectivity index is 3.04. The van der Waals surface area contributed by atoms with Gasteiger partial charge in [-0.3, -0.25) is 5.32 Å². The molecular formula is C14H26N4O2. The number of carbonyl (C=O) groups excluding carboxylic acids is 1. The van der Waals surface area contributed by atoms with Crippen molar-refractivity contribution < 1.29 is 9.90 Å². The zero-order valence-corrected chi connectivity index (χ0v) is 13.2. The normalized spacial score (nSPS) is 12.3. The minimum atomic E-state index is -0.343. The second-order valence-electron chi connectivity index (χ2n) is 6.85. The Labute approximate surface area is 120 Å². The van der Waals surface area contributed by atoms with Crippen LogP contribution in [0.3, 0.4) is 0 Å². The van der Waals surface area contributed by atoms with Crippen LogP contribution in [0.4, 0.5) is 10.6 Å². The van der Waals surface area contributed by atoms with Crippen LogP contribution in [0.1, 0.15) is 47.2 Å². The van der Waals surface area contributed by atoms with E-state index in [-0.39, 0.29) is 30.1 Å². The topological polar surface area (TPSA) is 79.2 Å². The van der Waals surface area contributed by atoms with Crippen molar-refractivity contribution >= 4 is 11.8 Å². The van der Waals surface area contributed by atoms with Crippen LogP contribution in [0.5, 0.6) is 0 Å². The first-order valence-electron chi connectivity index (χ1n) is 6.82. The number of aromatic nitrogens is 2. The molecule has 6 heteroatoms. The van der Waals surface area contributed by atoms with Crippen LogP contribution in [-0.4, -0.2) is 34.1 Å². The predicted molar refractivity (Wildman–Crippen MR) is 80.0 cm³/mol. The summed E-state index contributed by atoms with van der Waals surface area (Å²) in [5, 5.41) is 18.7. The molecule has 0 saturated heterocycles. The molecule has 0 unspecified atom stereocenters. The van der Waals surface area contributed by atoms with Gasteiger partial charge in [-0.2, -0.15) is 5.10 Å². The third kappa shape index (κ3) is 4.23. The smallest absolute Gasteiger partial charge is 0.320 e. The van der Waals surface area contributed by atoms with Gasteiger partial charge >= 0.3 is 6.03 Å². The average molecular weight is 282 g/mol. The van der Waals surface area contributed by atoms with Gasteiger partial charge in [-0.15, -0.1) is 0 Å². The number of hydrogen-bond donors (Lipinski definition) is 3. The number of aliphatic hydroxyl groups excluding tert-OH is 1. The third-order valence-corrected chi connectivity index (χ3v) is 2.75. The lowest BCUT2D eigenvalue weighted by Gasteiger charge is -2.23. The van der Waals surface area contributed by atoms with Crippen LogP contribution in [0.2, 0.25) is 0 Å². The molecule has 0 bridgehead atoms. The maximum absolute atomic E-state index is 11.7. The number of nitrogens with zero attached hydrogens (tertiary/aromatic N) is 2. The maximum atomic E-state index is 11.7. The number of aliphatic hydroxyl groups is 1. The van der Waals surface area contributed by atoms with Crippen molar-refractivity contribution in [2.75, 3.05) is 18.5 Å². The van der Waals surface area contributed by atoms with Crippen LogP contribution in [0, 0.1) is 0 Å².